The van der Waals surface area contributed by atoms with Crippen LogP contribution in [0, 0.1) is 11.6 Å². The molecule has 0 unspecified atom stereocenters. The largest absolute Gasteiger partial charge is 0.382 e. The number of nitrogens with one attached hydrogen (secondary N) is 1. The van der Waals surface area contributed by atoms with Crippen LogP contribution in [0.5, 0.6) is 0 Å². The van der Waals surface area contributed by atoms with Gasteiger partial charge in [0.15, 0.2) is 5.82 Å². The molecule has 0 aliphatic heterocycles. The van der Waals surface area contributed by atoms with E-state index >= 15 is 0 Å². The molecule has 3 heterocycles. The number of anilines is 1. The average Bonchev–Trinajstić information content (AvgIpc) is 3.33. The third-order valence-electron chi connectivity index (χ3n) is 5.57. The second-order valence-corrected chi connectivity index (χ2v) is 7.54. The molecule has 0 radical (unpaired) electrons. The van der Waals surface area contributed by atoms with Crippen LogP contribution in [0.2, 0.25) is 0 Å². The fraction of sp³-hybridized carbons (Fsp3) is 0.0435. The minimum atomic E-state index is -1.30. The summed E-state index contributed by atoms with van der Waals surface area (Å²) in [4.78, 5) is 31.7. The van der Waals surface area contributed by atoms with Crippen LogP contribution in [-0.2, 0) is 7.05 Å². The van der Waals surface area contributed by atoms with E-state index in [0.29, 0.717) is 22.4 Å². The molecule has 0 saturated heterocycles. The number of rotatable bonds is 4. The van der Waals surface area contributed by atoms with Crippen molar-refractivity contribution in [3.63, 3.8) is 0 Å². The first-order valence-electron chi connectivity index (χ1n) is 9.78. The van der Waals surface area contributed by atoms with Crippen LogP contribution in [0.15, 0.2) is 48.8 Å². The number of ketones is 1. The Morgan fingerprint density at radius 2 is 1.82 bits per heavy atom. The van der Waals surface area contributed by atoms with E-state index in [4.69, 9.17) is 11.5 Å². The van der Waals surface area contributed by atoms with Crippen molar-refractivity contribution in [2.45, 2.75) is 0 Å². The molecule has 2 aromatic carbocycles. The lowest BCUT2D eigenvalue weighted by molar-refractivity contribution is 0.0996. The van der Waals surface area contributed by atoms with Gasteiger partial charge >= 0.3 is 0 Å². The van der Waals surface area contributed by atoms with Gasteiger partial charge in [-0.2, -0.15) is 5.10 Å². The molecular weight excluding hydrogens is 430 g/mol. The van der Waals surface area contributed by atoms with E-state index in [1.54, 1.807) is 24.0 Å². The number of aromatic nitrogens is 4. The zero-order valence-corrected chi connectivity index (χ0v) is 17.2. The van der Waals surface area contributed by atoms with Crippen molar-refractivity contribution in [2.24, 2.45) is 12.8 Å². The Kier molecular flexibility index (Phi) is 4.45. The topological polar surface area (TPSA) is 133 Å². The molecule has 0 fully saturated rings. The first-order valence-corrected chi connectivity index (χ1v) is 9.78. The van der Waals surface area contributed by atoms with E-state index in [1.807, 2.05) is 18.2 Å². The molecular formula is C23H16F2N6O2. The zero-order valence-electron chi connectivity index (χ0n) is 17.2. The summed E-state index contributed by atoms with van der Waals surface area (Å²) < 4.78 is 30.8. The van der Waals surface area contributed by atoms with Crippen molar-refractivity contribution in [2.75, 3.05) is 5.73 Å². The second kappa shape index (κ2) is 7.23. The Labute approximate surface area is 184 Å². The van der Waals surface area contributed by atoms with Gasteiger partial charge in [0.05, 0.1) is 16.6 Å². The molecule has 0 atom stereocenters. The maximum Gasteiger partial charge on any atom is 0.251 e. The van der Waals surface area contributed by atoms with Gasteiger partial charge in [0.1, 0.15) is 17.3 Å². The van der Waals surface area contributed by atoms with E-state index in [2.05, 4.69) is 15.1 Å². The normalized spacial score (nSPS) is 11.4. The molecule has 1 amide bonds. The summed E-state index contributed by atoms with van der Waals surface area (Å²) in [6.07, 6.45) is 2.94. The molecule has 0 aliphatic rings. The molecule has 0 aliphatic carbocycles. The smallest absolute Gasteiger partial charge is 0.251 e. The van der Waals surface area contributed by atoms with Crippen molar-refractivity contribution >= 4 is 39.4 Å². The third kappa shape index (κ3) is 3.11. The van der Waals surface area contributed by atoms with Crippen LogP contribution in [-0.4, -0.2) is 31.4 Å². The molecule has 0 saturated carbocycles. The quantitative estimate of drug-likeness (QED) is 0.364. The summed E-state index contributed by atoms with van der Waals surface area (Å²) in [6.45, 7) is 0. The molecule has 5 aromatic rings. The van der Waals surface area contributed by atoms with Gasteiger partial charge in [-0.15, -0.1) is 0 Å². The maximum absolute atomic E-state index is 14.8. The van der Waals surface area contributed by atoms with Gasteiger partial charge in [-0.05, 0) is 35.9 Å². The number of H-pyrrole nitrogens is 1. The number of primary amides is 1. The Balaban J connectivity index is 1.65. The number of aromatic amines is 1. The van der Waals surface area contributed by atoms with Crippen LogP contribution >= 0.6 is 0 Å². The van der Waals surface area contributed by atoms with E-state index in [0.717, 1.165) is 28.6 Å². The summed E-state index contributed by atoms with van der Waals surface area (Å²) in [5, 5.41) is 5.36. The van der Waals surface area contributed by atoms with Gasteiger partial charge in [0, 0.05) is 41.3 Å². The van der Waals surface area contributed by atoms with Gasteiger partial charge < -0.3 is 16.5 Å². The van der Waals surface area contributed by atoms with E-state index < -0.39 is 34.5 Å². The minimum Gasteiger partial charge on any atom is -0.382 e. The lowest BCUT2D eigenvalue weighted by Gasteiger charge is -2.07. The van der Waals surface area contributed by atoms with Gasteiger partial charge in [0.2, 0.25) is 5.78 Å². The maximum atomic E-state index is 14.8. The third-order valence-corrected chi connectivity index (χ3v) is 5.57. The van der Waals surface area contributed by atoms with Gasteiger partial charge in [-0.3, -0.25) is 14.3 Å². The number of benzene rings is 2. The van der Waals surface area contributed by atoms with E-state index in [1.165, 1.54) is 6.20 Å². The van der Waals surface area contributed by atoms with Crippen LogP contribution in [0.4, 0.5) is 14.6 Å². The highest BCUT2D eigenvalue weighted by atomic mass is 19.1. The lowest BCUT2D eigenvalue weighted by Crippen LogP contribution is -2.17. The average molecular weight is 446 g/mol. The number of aryl methyl sites for hydroxylation is 1. The van der Waals surface area contributed by atoms with Crippen molar-refractivity contribution in [3.8, 4) is 11.1 Å². The number of halogens is 2. The zero-order chi connectivity index (χ0) is 23.4. The Morgan fingerprint density at radius 3 is 2.58 bits per heavy atom. The van der Waals surface area contributed by atoms with Crippen LogP contribution in [0.1, 0.15) is 26.3 Å². The number of amides is 1. The molecule has 3 aromatic heterocycles. The van der Waals surface area contributed by atoms with Crippen LogP contribution in [0.3, 0.4) is 0 Å². The summed E-state index contributed by atoms with van der Waals surface area (Å²) in [5.74, 6) is -4.03. The lowest BCUT2D eigenvalue weighted by atomic mass is 9.98. The summed E-state index contributed by atoms with van der Waals surface area (Å²) in [7, 11) is 1.77. The van der Waals surface area contributed by atoms with Gasteiger partial charge in [-0.25, -0.2) is 13.8 Å². The Hall–Kier alpha value is -4.60. The molecule has 0 bridgehead atoms. The number of carbonyl (C=O) groups is 2. The molecule has 33 heavy (non-hydrogen) atoms. The number of fused-ring (bicyclic) bond motifs is 2. The predicted molar refractivity (Wildman–Crippen MR) is 119 cm³/mol. The summed E-state index contributed by atoms with van der Waals surface area (Å²) >= 11 is 0. The highest BCUT2D eigenvalue weighted by molar-refractivity contribution is 6.17. The van der Waals surface area contributed by atoms with Crippen LogP contribution in [0.25, 0.3) is 33.1 Å². The number of nitrogen functional groups attached to an aromatic ring is 1. The van der Waals surface area contributed by atoms with Crippen molar-refractivity contribution in [1.29, 1.82) is 0 Å². The number of hydrogen-bond acceptors (Lipinski definition) is 5. The minimum absolute atomic E-state index is 0.00428. The highest BCUT2D eigenvalue weighted by Gasteiger charge is 2.26. The molecule has 10 heteroatoms. The predicted octanol–water partition coefficient (Wildman–Crippen LogP) is 3.31. The second-order valence-electron chi connectivity index (χ2n) is 7.54. The van der Waals surface area contributed by atoms with E-state index in [9.17, 15) is 18.4 Å². The first-order chi connectivity index (χ1) is 15.8. The highest BCUT2D eigenvalue weighted by Crippen LogP contribution is 2.30. The first kappa shape index (κ1) is 20.3. The fourth-order valence-corrected chi connectivity index (χ4v) is 3.90. The molecule has 5 rings (SSSR count). The number of carbonyl (C=O) groups excluding carboxylic acids is 2. The fourth-order valence-electron chi connectivity index (χ4n) is 3.90. The Morgan fingerprint density at radius 1 is 1.03 bits per heavy atom. The monoisotopic (exact) mass is 446 g/mol. The van der Waals surface area contributed by atoms with Crippen LogP contribution < -0.4 is 11.5 Å². The number of nitrogens with two attached hydrogens (primary N) is 2. The number of pyridine rings is 1. The molecule has 164 valence electrons. The molecule has 8 nitrogen and oxygen atoms in total. The molecule has 0 spiro atoms. The SMILES string of the molecule is Cn1nc(N)c2ccc(-c3cnc4[nH]cc(C(=O)c5c(F)ccc(C(N)=O)c5F)c4c3)cc21. The van der Waals surface area contributed by atoms with Gasteiger partial charge in [-0.1, -0.05) is 6.07 Å². The van der Waals surface area contributed by atoms with Crippen molar-refractivity contribution in [1.82, 2.24) is 19.7 Å². The number of nitrogens with zero attached hydrogens (tertiary/aromatic N) is 3. The van der Waals surface area contributed by atoms with Crippen molar-refractivity contribution in [3.05, 3.63) is 77.1 Å². The standard InChI is InChI=1S/C23H16F2N6O2/c1-31-17-7-10(2-3-12(17)21(26)30-31)11-6-14-15(9-29-23(14)28-8-11)20(32)18-16(24)5-4-13(19(18)25)22(27)33/h2-9H,1H3,(H2,26,30)(H2,27,33)(H,28,29). The summed E-state index contributed by atoms with van der Waals surface area (Å²) in [5.41, 5.74) is 12.3. The van der Waals surface area contributed by atoms with Crippen molar-refractivity contribution < 1.29 is 18.4 Å². The number of hydrogen-bond donors (Lipinski definition) is 3. The van der Waals surface area contributed by atoms with Gasteiger partial charge in [0.25, 0.3) is 5.91 Å². The summed E-state index contributed by atoms with van der Waals surface area (Å²) in [6, 6.07) is 8.99. The Bertz CT molecular complexity index is 1620. The van der Waals surface area contributed by atoms with E-state index in [-0.39, 0.29) is 5.56 Å². The molecule has 5 N–H and O–H groups in total.